The largest absolute Gasteiger partial charge is 0.480 e. The van der Waals surface area contributed by atoms with E-state index in [1.54, 1.807) is 6.07 Å². The van der Waals surface area contributed by atoms with Crippen LogP contribution in [0.5, 0.6) is 0 Å². The second-order valence-electron chi connectivity index (χ2n) is 7.06. The predicted octanol–water partition coefficient (Wildman–Crippen LogP) is 2.71. The van der Waals surface area contributed by atoms with Crippen LogP contribution in [-0.4, -0.2) is 40.5 Å². The molecule has 8 heteroatoms. The Kier molecular flexibility index (Phi) is 5.11. The van der Waals surface area contributed by atoms with Crippen LogP contribution in [0.25, 0.3) is 0 Å². The van der Waals surface area contributed by atoms with Gasteiger partial charge in [-0.15, -0.1) is 0 Å². The Morgan fingerprint density at radius 1 is 1.12 bits per heavy atom. The van der Waals surface area contributed by atoms with Gasteiger partial charge in [-0.2, -0.15) is 0 Å². The van der Waals surface area contributed by atoms with Crippen molar-refractivity contribution in [1.82, 2.24) is 5.32 Å². The number of nitro groups is 1. The molecule has 1 saturated heterocycles. The Bertz CT molecular complexity index is 722. The molecular formula is C18H23N3O5. The number of anilines is 1. The molecule has 3 rings (SSSR count). The molecule has 140 valence electrons. The first kappa shape index (κ1) is 18.2. The minimum atomic E-state index is -1.28. The Hall–Kier alpha value is -2.64. The van der Waals surface area contributed by atoms with Crippen molar-refractivity contribution in [3.05, 3.63) is 33.9 Å². The van der Waals surface area contributed by atoms with Crippen LogP contribution in [0.15, 0.2) is 18.2 Å². The lowest BCUT2D eigenvalue weighted by Gasteiger charge is -2.34. The number of rotatable bonds is 5. The minimum absolute atomic E-state index is 0.117. The molecule has 1 aliphatic heterocycles. The van der Waals surface area contributed by atoms with E-state index in [1.165, 1.54) is 12.1 Å². The molecule has 1 aromatic carbocycles. The van der Waals surface area contributed by atoms with Gasteiger partial charge in [0.1, 0.15) is 11.2 Å². The van der Waals surface area contributed by atoms with Crippen molar-refractivity contribution in [2.75, 3.05) is 18.0 Å². The smallest absolute Gasteiger partial charge is 0.329 e. The van der Waals surface area contributed by atoms with Gasteiger partial charge in [0.25, 0.3) is 11.6 Å². The number of benzene rings is 1. The summed E-state index contributed by atoms with van der Waals surface area (Å²) in [6.07, 6.45) is 5.15. The van der Waals surface area contributed by atoms with Crippen molar-refractivity contribution in [2.24, 2.45) is 0 Å². The van der Waals surface area contributed by atoms with E-state index in [0.29, 0.717) is 18.5 Å². The van der Waals surface area contributed by atoms with Gasteiger partial charge in [-0.05, 0) is 37.8 Å². The first-order valence-corrected chi connectivity index (χ1v) is 9.02. The molecule has 1 saturated carbocycles. The molecule has 1 amide bonds. The molecular weight excluding hydrogens is 338 g/mol. The summed E-state index contributed by atoms with van der Waals surface area (Å²) >= 11 is 0. The highest BCUT2D eigenvalue weighted by atomic mass is 16.6. The molecule has 1 heterocycles. The van der Waals surface area contributed by atoms with Crippen molar-refractivity contribution in [3.63, 3.8) is 0 Å². The first-order chi connectivity index (χ1) is 12.4. The number of aliphatic carboxylic acids is 1. The molecule has 0 aromatic heterocycles. The van der Waals surface area contributed by atoms with Gasteiger partial charge in [0.15, 0.2) is 0 Å². The second-order valence-corrected chi connectivity index (χ2v) is 7.06. The Morgan fingerprint density at radius 3 is 2.35 bits per heavy atom. The quantitative estimate of drug-likeness (QED) is 0.616. The monoisotopic (exact) mass is 361 g/mol. The van der Waals surface area contributed by atoms with E-state index in [9.17, 15) is 24.8 Å². The summed E-state index contributed by atoms with van der Waals surface area (Å²) in [5.41, 5.74) is -0.773. The summed E-state index contributed by atoms with van der Waals surface area (Å²) in [5.74, 6) is -1.63. The Labute approximate surface area is 151 Å². The van der Waals surface area contributed by atoms with Crippen molar-refractivity contribution >= 4 is 23.3 Å². The van der Waals surface area contributed by atoms with E-state index < -0.39 is 22.3 Å². The van der Waals surface area contributed by atoms with Crippen LogP contribution in [0.3, 0.4) is 0 Å². The van der Waals surface area contributed by atoms with Crippen LogP contribution in [0.2, 0.25) is 0 Å². The fourth-order valence-electron chi connectivity index (χ4n) is 3.87. The maximum Gasteiger partial charge on any atom is 0.329 e. The molecule has 2 N–H and O–H groups in total. The second kappa shape index (κ2) is 7.31. The van der Waals surface area contributed by atoms with Gasteiger partial charge in [0, 0.05) is 24.7 Å². The summed E-state index contributed by atoms with van der Waals surface area (Å²) in [6.45, 7) is 1.52. The third-order valence-corrected chi connectivity index (χ3v) is 5.35. The van der Waals surface area contributed by atoms with Gasteiger partial charge < -0.3 is 15.3 Å². The number of nitro benzene ring substituents is 1. The Morgan fingerprint density at radius 2 is 1.77 bits per heavy atom. The van der Waals surface area contributed by atoms with Gasteiger partial charge in [-0.1, -0.05) is 19.3 Å². The number of carbonyl (C=O) groups is 2. The molecule has 0 spiro atoms. The number of nitrogens with zero attached hydrogens (tertiary/aromatic N) is 2. The number of nitrogens with one attached hydrogen (secondary N) is 1. The zero-order chi connectivity index (χ0) is 18.7. The Balaban J connectivity index is 1.86. The summed E-state index contributed by atoms with van der Waals surface area (Å²) < 4.78 is 0. The van der Waals surface area contributed by atoms with Gasteiger partial charge in [-0.3, -0.25) is 14.9 Å². The number of hydrogen-bond acceptors (Lipinski definition) is 5. The molecule has 1 aromatic rings. The van der Waals surface area contributed by atoms with Crippen molar-refractivity contribution in [2.45, 2.75) is 50.5 Å². The maximum absolute atomic E-state index is 12.6. The van der Waals surface area contributed by atoms with Crippen LogP contribution in [0.4, 0.5) is 11.4 Å². The highest BCUT2D eigenvalue weighted by Gasteiger charge is 2.41. The van der Waals surface area contributed by atoms with Crippen LogP contribution >= 0.6 is 0 Å². The van der Waals surface area contributed by atoms with E-state index >= 15 is 0 Å². The minimum Gasteiger partial charge on any atom is -0.480 e. The van der Waals surface area contributed by atoms with E-state index in [1.807, 2.05) is 4.90 Å². The molecule has 0 atom stereocenters. The fourth-order valence-corrected chi connectivity index (χ4v) is 3.87. The molecule has 26 heavy (non-hydrogen) atoms. The van der Waals surface area contributed by atoms with Gasteiger partial charge >= 0.3 is 5.97 Å². The van der Waals surface area contributed by atoms with E-state index in [0.717, 1.165) is 45.2 Å². The van der Waals surface area contributed by atoms with E-state index in [4.69, 9.17) is 0 Å². The number of hydrogen-bond donors (Lipinski definition) is 2. The fraction of sp³-hybridized carbons (Fsp3) is 0.556. The van der Waals surface area contributed by atoms with Crippen molar-refractivity contribution < 1.29 is 19.6 Å². The maximum atomic E-state index is 12.6. The summed E-state index contributed by atoms with van der Waals surface area (Å²) in [5, 5.41) is 23.7. The third-order valence-electron chi connectivity index (χ3n) is 5.35. The lowest BCUT2D eigenvalue weighted by Crippen LogP contribution is -2.55. The first-order valence-electron chi connectivity index (χ1n) is 9.02. The SMILES string of the molecule is O=C(NC1(C(=O)O)CCCCC1)c1ccc(N2CCCC2)c([N+](=O)[O-])c1. The van der Waals surface area contributed by atoms with Gasteiger partial charge in [-0.25, -0.2) is 4.79 Å². The van der Waals surface area contributed by atoms with Crippen LogP contribution in [0, 0.1) is 10.1 Å². The van der Waals surface area contributed by atoms with Gasteiger partial charge in [0.05, 0.1) is 4.92 Å². The molecule has 0 bridgehead atoms. The van der Waals surface area contributed by atoms with Crippen molar-refractivity contribution in [1.29, 1.82) is 0 Å². The lowest BCUT2D eigenvalue weighted by molar-refractivity contribution is -0.384. The predicted molar refractivity (Wildman–Crippen MR) is 95.5 cm³/mol. The molecule has 2 fully saturated rings. The number of amides is 1. The van der Waals surface area contributed by atoms with E-state index in [-0.39, 0.29) is 11.3 Å². The normalized spacial score (nSPS) is 19.2. The number of carboxylic acid groups (broad SMARTS) is 1. The third kappa shape index (κ3) is 3.49. The molecule has 8 nitrogen and oxygen atoms in total. The summed E-state index contributed by atoms with van der Waals surface area (Å²) in [6, 6.07) is 4.38. The lowest BCUT2D eigenvalue weighted by atomic mass is 9.81. The average molecular weight is 361 g/mol. The van der Waals surface area contributed by atoms with Crippen LogP contribution < -0.4 is 10.2 Å². The van der Waals surface area contributed by atoms with E-state index in [2.05, 4.69) is 5.32 Å². The van der Waals surface area contributed by atoms with Crippen LogP contribution in [0.1, 0.15) is 55.3 Å². The standard InChI is InChI=1S/C18H23N3O5/c22-16(19-18(17(23)24)8-2-1-3-9-18)13-6-7-14(15(12-13)21(25)26)20-10-4-5-11-20/h6-7,12H,1-5,8-11H2,(H,19,22)(H,23,24). The summed E-state index contributed by atoms with van der Waals surface area (Å²) in [4.78, 5) is 37.3. The summed E-state index contributed by atoms with van der Waals surface area (Å²) in [7, 11) is 0. The highest BCUT2D eigenvalue weighted by Crippen LogP contribution is 2.33. The highest BCUT2D eigenvalue weighted by molar-refractivity contribution is 5.99. The average Bonchev–Trinajstić information content (AvgIpc) is 3.16. The van der Waals surface area contributed by atoms with Crippen LogP contribution in [-0.2, 0) is 4.79 Å². The number of carboxylic acids is 1. The number of carbonyl (C=O) groups excluding carboxylic acids is 1. The molecule has 1 aliphatic carbocycles. The topological polar surface area (TPSA) is 113 Å². The molecule has 2 aliphatic rings. The molecule has 0 radical (unpaired) electrons. The molecule has 0 unspecified atom stereocenters. The van der Waals surface area contributed by atoms with Crippen molar-refractivity contribution in [3.8, 4) is 0 Å². The zero-order valence-electron chi connectivity index (χ0n) is 14.6. The van der Waals surface area contributed by atoms with Gasteiger partial charge in [0.2, 0.25) is 0 Å². The zero-order valence-corrected chi connectivity index (χ0v) is 14.6.